The van der Waals surface area contributed by atoms with Crippen LogP contribution in [0.4, 0.5) is 0 Å². The zero-order valence-electron chi connectivity index (χ0n) is 18.4. The van der Waals surface area contributed by atoms with E-state index in [9.17, 15) is 4.79 Å². The van der Waals surface area contributed by atoms with Crippen LogP contribution < -0.4 is 14.9 Å². The number of nitrogens with one attached hydrogen (secondary N) is 1. The molecule has 0 fully saturated rings. The monoisotopic (exact) mass is 511 g/mol. The summed E-state index contributed by atoms with van der Waals surface area (Å²) in [5.41, 5.74) is 5.16. The number of halogens is 1. The Bertz CT molecular complexity index is 1280. The highest BCUT2D eigenvalue weighted by Crippen LogP contribution is 2.30. The lowest BCUT2D eigenvalue weighted by Crippen LogP contribution is -2.19. The number of carbonyl (C=O) groups excluding carboxylic acids is 1. The Labute approximate surface area is 211 Å². The molecule has 1 amide bonds. The normalized spacial score (nSPS) is 11.1. The number of carbonyl (C=O) groups is 1. The molecule has 9 heteroatoms. The SMILES string of the molecule is CCOc1cc(/C=N/NC(=O)CSc2nc3ccccc3s2)ccc1OCc1ccccc1Cl. The average molecular weight is 512 g/mol. The molecule has 0 saturated heterocycles. The first-order chi connectivity index (χ1) is 16.6. The molecule has 1 heterocycles. The first-order valence-corrected chi connectivity index (χ1v) is 12.7. The van der Waals surface area contributed by atoms with Crippen molar-refractivity contribution in [1.29, 1.82) is 0 Å². The molecule has 0 aliphatic heterocycles. The second-order valence-electron chi connectivity index (χ2n) is 7.05. The van der Waals surface area contributed by atoms with Crippen LogP contribution in [0.25, 0.3) is 10.2 Å². The summed E-state index contributed by atoms with van der Waals surface area (Å²) in [4.78, 5) is 16.7. The fraction of sp³-hybridized carbons (Fsp3) is 0.160. The van der Waals surface area contributed by atoms with E-state index < -0.39 is 0 Å². The number of thiazole rings is 1. The van der Waals surface area contributed by atoms with E-state index in [1.54, 1.807) is 17.6 Å². The molecule has 0 atom stereocenters. The van der Waals surface area contributed by atoms with Crippen molar-refractivity contribution < 1.29 is 14.3 Å². The first kappa shape index (κ1) is 24.1. The number of hydrazone groups is 1. The van der Waals surface area contributed by atoms with E-state index in [1.807, 2.05) is 73.7 Å². The average Bonchev–Trinajstić information content (AvgIpc) is 3.26. The summed E-state index contributed by atoms with van der Waals surface area (Å²) in [7, 11) is 0. The van der Waals surface area contributed by atoms with E-state index in [2.05, 4.69) is 15.5 Å². The summed E-state index contributed by atoms with van der Waals surface area (Å²) in [6, 6.07) is 20.9. The summed E-state index contributed by atoms with van der Waals surface area (Å²) in [5, 5.41) is 4.72. The fourth-order valence-electron chi connectivity index (χ4n) is 3.01. The van der Waals surface area contributed by atoms with Crippen molar-refractivity contribution in [3.8, 4) is 11.5 Å². The maximum atomic E-state index is 12.2. The molecular formula is C25H22ClN3O3S2. The molecule has 0 aliphatic rings. The molecule has 1 N–H and O–H groups in total. The number of ether oxygens (including phenoxy) is 2. The number of thioether (sulfide) groups is 1. The predicted octanol–water partition coefficient (Wildman–Crippen LogP) is 6.17. The van der Waals surface area contributed by atoms with Gasteiger partial charge in [-0.15, -0.1) is 11.3 Å². The smallest absolute Gasteiger partial charge is 0.250 e. The van der Waals surface area contributed by atoms with Crippen LogP contribution in [0.3, 0.4) is 0 Å². The highest BCUT2D eigenvalue weighted by atomic mass is 35.5. The van der Waals surface area contributed by atoms with Gasteiger partial charge >= 0.3 is 0 Å². The number of hydrogen-bond donors (Lipinski definition) is 1. The lowest BCUT2D eigenvalue weighted by Gasteiger charge is -2.13. The lowest BCUT2D eigenvalue weighted by molar-refractivity contribution is -0.118. The molecule has 6 nitrogen and oxygen atoms in total. The predicted molar refractivity (Wildman–Crippen MR) is 139 cm³/mol. The minimum absolute atomic E-state index is 0.203. The number of aromatic nitrogens is 1. The minimum Gasteiger partial charge on any atom is -0.490 e. The maximum Gasteiger partial charge on any atom is 0.250 e. The third kappa shape index (κ3) is 6.50. The highest BCUT2D eigenvalue weighted by molar-refractivity contribution is 8.01. The standard InChI is InChI=1S/C25H22ClN3O3S2/c1-2-31-22-13-17(11-12-21(22)32-15-18-7-3-4-8-19(18)26)14-27-29-24(30)16-33-25-28-20-9-5-6-10-23(20)34-25/h3-14H,2,15-16H2,1H3,(H,29,30)/b27-14+. The van der Waals surface area contributed by atoms with E-state index in [4.69, 9.17) is 21.1 Å². The van der Waals surface area contributed by atoms with Crippen molar-refractivity contribution in [3.05, 3.63) is 82.9 Å². The van der Waals surface area contributed by atoms with E-state index in [1.165, 1.54) is 11.8 Å². The molecule has 0 radical (unpaired) electrons. The Kier molecular flexibility index (Phi) is 8.41. The quantitative estimate of drug-likeness (QED) is 0.156. The van der Waals surface area contributed by atoms with Crippen molar-refractivity contribution in [2.75, 3.05) is 12.4 Å². The first-order valence-electron chi connectivity index (χ1n) is 10.6. The van der Waals surface area contributed by atoms with Gasteiger partial charge in [0.05, 0.1) is 28.8 Å². The van der Waals surface area contributed by atoms with Crippen molar-refractivity contribution in [3.63, 3.8) is 0 Å². The molecule has 0 unspecified atom stereocenters. The van der Waals surface area contributed by atoms with Crippen LogP contribution in [0.15, 0.2) is 76.2 Å². The second-order valence-corrected chi connectivity index (χ2v) is 9.71. The molecule has 0 spiro atoms. The Morgan fingerprint density at radius 3 is 2.76 bits per heavy atom. The molecule has 0 saturated carbocycles. The molecule has 174 valence electrons. The van der Waals surface area contributed by atoms with Gasteiger partial charge in [-0.05, 0) is 48.9 Å². The molecule has 34 heavy (non-hydrogen) atoms. The van der Waals surface area contributed by atoms with Crippen LogP contribution in [0.1, 0.15) is 18.1 Å². The van der Waals surface area contributed by atoms with Gasteiger partial charge in [0, 0.05) is 10.6 Å². The van der Waals surface area contributed by atoms with Crippen molar-refractivity contribution in [1.82, 2.24) is 10.4 Å². The summed E-state index contributed by atoms with van der Waals surface area (Å²) < 4.78 is 13.6. The number of fused-ring (bicyclic) bond motifs is 1. The Hall–Kier alpha value is -3.07. The zero-order valence-corrected chi connectivity index (χ0v) is 20.8. The van der Waals surface area contributed by atoms with Gasteiger partial charge in [0.15, 0.2) is 15.8 Å². The maximum absolute atomic E-state index is 12.2. The molecule has 4 aromatic rings. The largest absolute Gasteiger partial charge is 0.490 e. The van der Waals surface area contributed by atoms with Crippen molar-refractivity contribution in [2.45, 2.75) is 17.9 Å². The third-order valence-electron chi connectivity index (χ3n) is 4.61. The minimum atomic E-state index is -0.203. The molecule has 4 rings (SSSR count). The molecule has 1 aromatic heterocycles. The van der Waals surface area contributed by atoms with Crippen LogP contribution in [0, 0.1) is 0 Å². The van der Waals surface area contributed by atoms with Gasteiger partial charge in [-0.2, -0.15) is 5.10 Å². The van der Waals surface area contributed by atoms with E-state index in [-0.39, 0.29) is 11.7 Å². The van der Waals surface area contributed by atoms with Gasteiger partial charge in [-0.25, -0.2) is 10.4 Å². The highest BCUT2D eigenvalue weighted by Gasteiger charge is 2.09. The van der Waals surface area contributed by atoms with E-state index in [0.717, 1.165) is 25.7 Å². The van der Waals surface area contributed by atoms with Crippen LogP contribution in [-0.4, -0.2) is 29.5 Å². The van der Waals surface area contributed by atoms with E-state index in [0.29, 0.717) is 29.7 Å². The van der Waals surface area contributed by atoms with Gasteiger partial charge in [0.1, 0.15) is 6.61 Å². The third-order valence-corrected chi connectivity index (χ3v) is 7.16. The number of amides is 1. The van der Waals surface area contributed by atoms with Gasteiger partial charge in [0.25, 0.3) is 5.91 Å². The Morgan fingerprint density at radius 1 is 1.12 bits per heavy atom. The van der Waals surface area contributed by atoms with Gasteiger partial charge in [-0.1, -0.05) is 53.7 Å². The Morgan fingerprint density at radius 2 is 1.94 bits per heavy atom. The summed E-state index contributed by atoms with van der Waals surface area (Å²) in [6.45, 7) is 2.72. The van der Waals surface area contributed by atoms with Gasteiger partial charge in [-0.3, -0.25) is 4.79 Å². The van der Waals surface area contributed by atoms with Crippen LogP contribution >= 0.6 is 34.7 Å². The molecule has 0 bridgehead atoms. The number of rotatable bonds is 10. The van der Waals surface area contributed by atoms with E-state index >= 15 is 0 Å². The lowest BCUT2D eigenvalue weighted by atomic mass is 10.2. The summed E-state index contributed by atoms with van der Waals surface area (Å²) in [6.07, 6.45) is 1.57. The second kappa shape index (κ2) is 11.9. The summed E-state index contributed by atoms with van der Waals surface area (Å²) >= 11 is 9.17. The Balaban J connectivity index is 1.32. The number of benzene rings is 3. The van der Waals surface area contributed by atoms with Crippen molar-refractivity contribution >= 4 is 57.0 Å². The summed E-state index contributed by atoms with van der Waals surface area (Å²) in [5.74, 6) is 1.23. The van der Waals surface area contributed by atoms with Gasteiger partial charge in [0.2, 0.25) is 0 Å². The zero-order chi connectivity index (χ0) is 23.8. The molecule has 3 aromatic carbocycles. The number of hydrogen-bond acceptors (Lipinski definition) is 7. The fourth-order valence-corrected chi connectivity index (χ4v) is 5.07. The molecular weight excluding hydrogens is 490 g/mol. The number of para-hydroxylation sites is 1. The van der Waals surface area contributed by atoms with Crippen molar-refractivity contribution in [2.24, 2.45) is 5.10 Å². The van der Waals surface area contributed by atoms with Crippen LogP contribution in [0.5, 0.6) is 11.5 Å². The van der Waals surface area contributed by atoms with Gasteiger partial charge < -0.3 is 9.47 Å². The molecule has 0 aliphatic carbocycles. The van der Waals surface area contributed by atoms with Crippen LogP contribution in [0.2, 0.25) is 5.02 Å². The van der Waals surface area contributed by atoms with Crippen LogP contribution in [-0.2, 0) is 11.4 Å². The topological polar surface area (TPSA) is 72.8 Å². The number of nitrogens with zero attached hydrogens (tertiary/aromatic N) is 2.